The molecule has 7 nitrogen and oxygen atoms in total. The summed E-state index contributed by atoms with van der Waals surface area (Å²) in [6.45, 7) is 5.22. The summed E-state index contributed by atoms with van der Waals surface area (Å²) in [5.41, 5.74) is 2.90. The predicted molar refractivity (Wildman–Crippen MR) is 119 cm³/mol. The molecule has 0 radical (unpaired) electrons. The van der Waals surface area contributed by atoms with Crippen LogP contribution in [0.3, 0.4) is 0 Å². The van der Waals surface area contributed by atoms with Crippen molar-refractivity contribution in [3.63, 3.8) is 0 Å². The molecule has 2 aromatic rings. The number of amides is 1. The highest BCUT2D eigenvalue weighted by atomic mass is 32.2. The van der Waals surface area contributed by atoms with Gasteiger partial charge >= 0.3 is 0 Å². The van der Waals surface area contributed by atoms with E-state index in [2.05, 4.69) is 24.4 Å². The van der Waals surface area contributed by atoms with E-state index in [0.29, 0.717) is 11.8 Å². The van der Waals surface area contributed by atoms with E-state index in [1.807, 2.05) is 0 Å². The first-order valence-electron chi connectivity index (χ1n) is 10.9. The van der Waals surface area contributed by atoms with Crippen molar-refractivity contribution < 1.29 is 18.5 Å². The molecule has 1 saturated carbocycles. The van der Waals surface area contributed by atoms with E-state index < -0.39 is 26.5 Å². The second kappa shape index (κ2) is 7.76. The maximum Gasteiger partial charge on any atom is 0.260 e. The van der Waals surface area contributed by atoms with E-state index in [1.54, 1.807) is 0 Å². The fourth-order valence-corrected chi connectivity index (χ4v) is 5.51. The van der Waals surface area contributed by atoms with Crippen molar-refractivity contribution in [2.75, 3.05) is 5.32 Å². The van der Waals surface area contributed by atoms with Crippen molar-refractivity contribution in [2.24, 2.45) is 11.1 Å². The van der Waals surface area contributed by atoms with E-state index in [9.17, 15) is 14.1 Å². The number of benzene rings is 1. The SMILES string of the molecule is CC(c1ccc2c(c1NC(=O)c1c(C(C)(C)O)coc1S(=N)(N)=O)CCC2)C1CCC1. The van der Waals surface area contributed by atoms with E-state index in [0.717, 1.165) is 36.1 Å². The Balaban J connectivity index is 1.80. The molecule has 31 heavy (non-hydrogen) atoms. The van der Waals surface area contributed by atoms with Gasteiger partial charge in [-0.1, -0.05) is 25.5 Å². The Bertz CT molecular complexity index is 1120. The molecule has 0 saturated heterocycles. The van der Waals surface area contributed by atoms with E-state index >= 15 is 0 Å². The van der Waals surface area contributed by atoms with Gasteiger partial charge in [0.2, 0.25) is 5.09 Å². The summed E-state index contributed by atoms with van der Waals surface area (Å²) < 4.78 is 25.3. The molecule has 2 aliphatic carbocycles. The zero-order chi connectivity index (χ0) is 22.6. The third-order valence-electron chi connectivity index (χ3n) is 6.82. The van der Waals surface area contributed by atoms with Crippen LogP contribution < -0.4 is 10.5 Å². The molecule has 2 atom stereocenters. The molecule has 1 fully saturated rings. The Morgan fingerprint density at radius 2 is 2.03 bits per heavy atom. The van der Waals surface area contributed by atoms with Crippen LogP contribution in [-0.2, 0) is 28.4 Å². The van der Waals surface area contributed by atoms with Crippen LogP contribution in [0.5, 0.6) is 0 Å². The predicted octanol–water partition coefficient (Wildman–Crippen LogP) is 4.43. The molecule has 168 valence electrons. The minimum atomic E-state index is -3.80. The molecule has 2 unspecified atom stereocenters. The first-order chi connectivity index (χ1) is 14.5. The second-order valence-corrected chi connectivity index (χ2v) is 11.0. The van der Waals surface area contributed by atoms with E-state index in [1.165, 1.54) is 44.9 Å². The van der Waals surface area contributed by atoms with Crippen LogP contribution in [0, 0.1) is 10.7 Å². The lowest BCUT2D eigenvalue weighted by Gasteiger charge is -2.33. The van der Waals surface area contributed by atoms with E-state index in [4.69, 9.17) is 14.3 Å². The Hall–Kier alpha value is -2.16. The number of hydrogen-bond acceptors (Lipinski definition) is 5. The molecule has 0 aliphatic heterocycles. The molecular weight excluding hydrogens is 414 g/mol. The summed E-state index contributed by atoms with van der Waals surface area (Å²) in [4.78, 5) is 13.5. The van der Waals surface area contributed by atoms with Crippen molar-refractivity contribution in [3.05, 3.63) is 46.2 Å². The summed E-state index contributed by atoms with van der Waals surface area (Å²) in [6.07, 6.45) is 7.68. The fraction of sp³-hybridized carbons (Fsp3) is 0.522. The molecule has 2 aliphatic rings. The minimum Gasteiger partial charge on any atom is -0.452 e. The minimum absolute atomic E-state index is 0.118. The molecule has 1 heterocycles. The highest BCUT2D eigenvalue weighted by Gasteiger charge is 2.34. The smallest absolute Gasteiger partial charge is 0.260 e. The van der Waals surface area contributed by atoms with Crippen LogP contribution in [-0.4, -0.2) is 15.2 Å². The van der Waals surface area contributed by atoms with Gasteiger partial charge in [0.05, 0.1) is 11.9 Å². The molecule has 1 amide bonds. The normalized spacial score (nSPS) is 19.4. The lowest BCUT2D eigenvalue weighted by atomic mass is 9.73. The highest BCUT2D eigenvalue weighted by Crippen LogP contribution is 2.44. The second-order valence-electron chi connectivity index (χ2n) is 9.43. The van der Waals surface area contributed by atoms with Gasteiger partial charge in [-0.05, 0) is 74.5 Å². The average molecular weight is 446 g/mol. The van der Waals surface area contributed by atoms with Gasteiger partial charge < -0.3 is 14.8 Å². The summed E-state index contributed by atoms with van der Waals surface area (Å²) in [6, 6.07) is 4.29. The van der Waals surface area contributed by atoms with Gasteiger partial charge in [0.25, 0.3) is 5.91 Å². The van der Waals surface area contributed by atoms with Crippen LogP contribution >= 0.6 is 0 Å². The first-order valence-corrected chi connectivity index (χ1v) is 12.5. The third-order valence-corrected chi connectivity index (χ3v) is 7.67. The Kier molecular flexibility index (Phi) is 5.52. The summed E-state index contributed by atoms with van der Waals surface area (Å²) in [5.74, 6) is 0.346. The summed E-state index contributed by atoms with van der Waals surface area (Å²) in [7, 11) is -3.80. The number of carbonyl (C=O) groups excluding carboxylic acids is 1. The number of nitrogens with one attached hydrogen (secondary N) is 2. The number of anilines is 1. The zero-order valence-electron chi connectivity index (χ0n) is 18.3. The van der Waals surface area contributed by atoms with Gasteiger partial charge in [0.15, 0.2) is 9.92 Å². The molecule has 8 heteroatoms. The van der Waals surface area contributed by atoms with Gasteiger partial charge in [-0.15, -0.1) is 0 Å². The van der Waals surface area contributed by atoms with Gasteiger partial charge in [0.1, 0.15) is 5.56 Å². The molecule has 0 spiro atoms. The lowest BCUT2D eigenvalue weighted by molar-refractivity contribution is 0.0754. The van der Waals surface area contributed by atoms with Crippen molar-refractivity contribution in [1.82, 2.24) is 0 Å². The van der Waals surface area contributed by atoms with Crippen LogP contribution in [0.25, 0.3) is 0 Å². The number of aliphatic hydroxyl groups is 1. The first kappa shape index (κ1) is 22.0. The van der Waals surface area contributed by atoms with Crippen LogP contribution in [0.15, 0.2) is 27.9 Å². The number of carbonyl (C=O) groups is 1. The number of aryl methyl sites for hydroxylation is 1. The standard InChI is InChI=1S/C23H31N3O4S/c1-13(14-6-4-7-14)16-11-10-15-8-5-9-17(15)20(16)26-21(27)19-18(23(2,3)28)12-30-22(19)31(24,25)29/h10-14,28H,4-9H2,1-3H3,(H,26,27)(H3,24,25,29). The summed E-state index contributed by atoms with van der Waals surface area (Å²) in [5, 5.41) is 18.7. The van der Waals surface area contributed by atoms with Gasteiger partial charge in [-0.25, -0.2) is 14.1 Å². The summed E-state index contributed by atoms with van der Waals surface area (Å²) >= 11 is 0. The quantitative estimate of drug-likeness (QED) is 0.524. The highest BCUT2D eigenvalue weighted by molar-refractivity contribution is 7.90. The number of hydrogen-bond donors (Lipinski definition) is 4. The van der Waals surface area contributed by atoms with Crippen LogP contribution in [0.2, 0.25) is 0 Å². The molecule has 1 aromatic heterocycles. The van der Waals surface area contributed by atoms with Crippen LogP contribution in [0.1, 0.15) is 85.0 Å². The topological polar surface area (TPSA) is 129 Å². The van der Waals surface area contributed by atoms with Gasteiger partial charge in [-0.2, -0.15) is 0 Å². The Morgan fingerprint density at radius 1 is 1.32 bits per heavy atom. The lowest BCUT2D eigenvalue weighted by Crippen LogP contribution is -2.26. The molecular formula is C23H31N3O4S. The molecule has 4 rings (SSSR count). The largest absolute Gasteiger partial charge is 0.452 e. The molecule has 1 aromatic carbocycles. The van der Waals surface area contributed by atoms with Crippen molar-refractivity contribution in [1.29, 1.82) is 4.78 Å². The maximum atomic E-state index is 13.5. The van der Waals surface area contributed by atoms with Gasteiger partial charge in [0, 0.05) is 11.3 Å². The molecule has 0 bridgehead atoms. The van der Waals surface area contributed by atoms with Crippen molar-refractivity contribution in [2.45, 2.75) is 75.9 Å². The third kappa shape index (κ3) is 4.04. The number of rotatable bonds is 6. The van der Waals surface area contributed by atoms with Crippen molar-refractivity contribution >= 4 is 21.5 Å². The van der Waals surface area contributed by atoms with Crippen LogP contribution in [0.4, 0.5) is 5.69 Å². The number of furan rings is 1. The van der Waals surface area contributed by atoms with E-state index in [-0.39, 0.29) is 11.1 Å². The maximum absolute atomic E-state index is 13.5. The number of nitrogens with two attached hydrogens (primary N) is 1. The number of fused-ring (bicyclic) bond motifs is 1. The monoisotopic (exact) mass is 445 g/mol. The fourth-order valence-electron chi connectivity index (χ4n) is 4.81. The average Bonchev–Trinajstić information content (AvgIpc) is 3.26. The Morgan fingerprint density at radius 3 is 2.61 bits per heavy atom. The van der Waals surface area contributed by atoms with Crippen molar-refractivity contribution in [3.8, 4) is 0 Å². The van der Waals surface area contributed by atoms with Gasteiger partial charge in [-0.3, -0.25) is 4.79 Å². The zero-order valence-corrected chi connectivity index (χ0v) is 19.1. The molecule has 5 N–H and O–H groups in total. The Labute approximate surface area is 183 Å².